The lowest BCUT2D eigenvalue weighted by Gasteiger charge is -2.35. The fourth-order valence-corrected chi connectivity index (χ4v) is 4.79. The largest absolute Gasteiger partial charge is 0.381 e. The van der Waals surface area contributed by atoms with Crippen molar-refractivity contribution in [1.82, 2.24) is 30.1 Å². The minimum absolute atomic E-state index is 0.161. The number of fused-ring (bicyclic) bond motifs is 2. The third kappa shape index (κ3) is 4.27. The van der Waals surface area contributed by atoms with Crippen LogP contribution in [0.3, 0.4) is 0 Å². The van der Waals surface area contributed by atoms with E-state index in [1.54, 1.807) is 23.6 Å². The third-order valence-electron chi connectivity index (χ3n) is 6.47. The quantitative estimate of drug-likeness (QED) is 0.467. The molecule has 5 rings (SSSR count). The highest BCUT2D eigenvalue weighted by Gasteiger charge is 2.45. The number of amides is 2. The summed E-state index contributed by atoms with van der Waals surface area (Å²) in [5.74, 6) is 0.293. The van der Waals surface area contributed by atoms with Crippen molar-refractivity contribution in [2.75, 3.05) is 56.6 Å². The van der Waals surface area contributed by atoms with Crippen molar-refractivity contribution in [3.05, 3.63) is 40.1 Å². The molecule has 0 atom stereocenters. The average molecular weight is 469 g/mol. The summed E-state index contributed by atoms with van der Waals surface area (Å²) in [6, 6.07) is 3.23. The first-order chi connectivity index (χ1) is 16.4. The molecule has 0 bridgehead atoms. The van der Waals surface area contributed by atoms with E-state index in [-0.39, 0.29) is 23.9 Å². The van der Waals surface area contributed by atoms with Crippen LogP contribution in [0, 0.1) is 6.92 Å². The van der Waals surface area contributed by atoms with Gasteiger partial charge in [0, 0.05) is 45.1 Å². The summed E-state index contributed by atoms with van der Waals surface area (Å²) in [4.78, 5) is 49.0. The highest BCUT2D eigenvalue weighted by Crippen LogP contribution is 2.33. The van der Waals surface area contributed by atoms with Crippen LogP contribution in [0.25, 0.3) is 0 Å². The van der Waals surface area contributed by atoms with Gasteiger partial charge in [-0.3, -0.25) is 23.9 Å². The number of nitrogens with one attached hydrogen (secondary N) is 4. The number of piperazine rings is 1. The zero-order valence-electron chi connectivity index (χ0n) is 19.0. The molecule has 0 unspecified atom stereocenters. The summed E-state index contributed by atoms with van der Waals surface area (Å²) in [6.07, 6.45) is 2.36. The Kier molecular flexibility index (Phi) is 6.02. The molecule has 0 aliphatic carbocycles. The van der Waals surface area contributed by atoms with Crippen LogP contribution in [0.5, 0.6) is 0 Å². The van der Waals surface area contributed by atoms with Gasteiger partial charge < -0.3 is 26.0 Å². The molecule has 34 heavy (non-hydrogen) atoms. The number of hydrogen-bond donors (Lipinski definition) is 4. The van der Waals surface area contributed by atoms with E-state index >= 15 is 0 Å². The first kappa shape index (κ1) is 22.4. The van der Waals surface area contributed by atoms with E-state index in [1.165, 1.54) is 6.33 Å². The molecule has 2 amide bonds. The Morgan fingerprint density at radius 1 is 1.15 bits per heavy atom. The fourth-order valence-electron chi connectivity index (χ4n) is 4.79. The highest BCUT2D eigenvalue weighted by molar-refractivity contribution is 5.97. The Hall–Kier alpha value is -3.35. The number of carbonyl (C=O) groups is 2. The van der Waals surface area contributed by atoms with Crippen LogP contribution >= 0.6 is 0 Å². The molecule has 3 aliphatic heterocycles. The molecule has 2 fully saturated rings. The van der Waals surface area contributed by atoms with Gasteiger partial charge in [-0.05, 0) is 18.6 Å². The zero-order valence-corrected chi connectivity index (χ0v) is 19.0. The van der Waals surface area contributed by atoms with Gasteiger partial charge >= 0.3 is 0 Å². The van der Waals surface area contributed by atoms with Gasteiger partial charge in [-0.2, -0.15) is 0 Å². The molecule has 0 saturated carbocycles. The van der Waals surface area contributed by atoms with E-state index in [0.717, 1.165) is 26.2 Å². The summed E-state index contributed by atoms with van der Waals surface area (Å²) in [5.41, 5.74) is 0.255. The van der Waals surface area contributed by atoms with Crippen LogP contribution in [0.4, 0.5) is 17.3 Å². The number of hydrogen-bond acceptors (Lipinski definition) is 9. The van der Waals surface area contributed by atoms with E-state index in [9.17, 15) is 14.4 Å². The fraction of sp³-hybridized carbons (Fsp3) is 0.500. The van der Waals surface area contributed by atoms with E-state index in [2.05, 4.69) is 36.1 Å². The number of carbonyl (C=O) groups excluding carboxylic acids is 2. The van der Waals surface area contributed by atoms with Crippen LogP contribution in [0.2, 0.25) is 0 Å². The van der Waals surface area contributed by atoms with E-state index in [1.807, 2.05) is 0 Å². The monoisotopic (exact) mass is 468 g/mol. The molecule has 3 aliphatic rings. The molecular weight excluding hydrogens is 440 g/mol. The average Bonchev–Trinajstić information content (AvgIpc) is 3.10. The minimum Gasteiger partial charge on any atom is -0.381 e. The smallest absolute Gasteiger partial charge is 0.276 e. The summed E-state index contributed by atoms with van der Waals surface area (Å²) in [7, 11) is 0. The Bertz CT molecular complexity index is 1170. The van der Waals surface area contributed by atoms with Gasteiger partial charge in [0.25, 0.3) is 11.5 Å². The van der Waals surface area contributed by atoms with Gasteiger partial charge in [-0.25, -0.2) is 9.97 Å². The molecule has 2 aromatic rings. The Labute approximate surface area is 196 Å². The molecule has 2 saturated heterocycles. The lowest BCUT2D eigenvalue weighted by Crippen LogP contribution is -2.51. The molecule has 12 heteroatoms. The number of aryl methyl sites for hydroxylation is 1. The molecule has 0 radical (unpaired) electrons. The number of ether oxygens (including phenoxy) is 1. The normalized spacial score (nSPS) is 19.5. The summed E-state index contributed by atoms with van der Waals surface area (Å²) < 4.78 is 7.02. The van der Waals surface area contributed by atoms with Crippen molar-refractivity contribution in [2.45, 2.75) is 25.4 Å². The molecule has 12 nitrogen and oxygen atoms in total. The van der Waals surface area contributed by atoms with Gasteiger partial charge in [0.2, 0.25) is 5.91 Å². The third-order valence-corrected chi connectivity index (χ3v) is 6.47. The number of pyridine rings is 1. The van der Waals surface area contributed by atoms with Gasteiger partial charge in [0.15, 0.2) is 0 Å². The van der Waals surface area contributed by atoms with Crippen molar-refractivity contribution >= 4 is 29.1 Å². The van der Waals surface area contributed by atoms with E-state index in [0.29, 0.717) is 54.6 Å². The Morgan fingerprint density at radius 3 is 2.65 bits per heavy atom. The molecule has 1 spiro atoms. The molecular formula is C22H28N8O4. The predicted octanol–water partition coefficient (Wildman–Crippen LogP) is -0.259. The summed E-state index contributed by atoms with van der Waals surface area (Å²) in [6.45, 7) is 6.37. The first-order valence-electron chi connectivity index (χ1n) is 11.4. The van der Waals surface area contributed by atoms with Crippen molar-refractivity contribution in [3.63, 3.8) is 0 Å². The lowest BCUT2D eigenvalue weighted by atomic mass is 10.0. The highest BCUT2D eigenvalue weighted by atomic mass is 16.5. The second-order valence-corrected chi connectivity index (χ2v) is 8.82. The number of aromatic nitrogens is 3. The second-order valence-electron chi connectivity index (χ2n) is 8.82. The van der Waals surface area contributed by atoms with Gasteiger partial charge in [-0.1, -0.05) is 0 Å². The van der Waals surface area contributed by atoms with Crippen LogP contribution in [0.15, 0.2) is 23.3 Å². The number of rotatable bonds is 5. The number of nitrogens with zero attached hydrogens (tertiary/aromatic N) is 4. The van der Waals surface area contributed by atoms with Gasteiger partial charge in [0.1, 0.15) is 35.0 Å². The predicted molar refractivity (Wildman–Crippen MR) is 124 cm³/mol. The molecule has 0 aromatic carbocycles. The van der Waals surface area contributed by atoms with Crippen molar-refractivity contribution in [2.24, 2.45) is 0 Å². The van der Waals surface area contributed by atoms with Gasteiger partial charge in [-0.15, -0.1) is 0 Å². The van der Waals surface area contributed by atoms with E-state index in [4.69, 9.17) is 4.74 Å². The first-order valence-corrected chi connectivity index (χ1v) is 11.4. The summed E-state index contributed by atoms with van der Waals surface area (Å²) in [5, 5.41) is 12.1. The van der Waals surface area contributed by atoms with Crippen LogP contribution < -0.4 is 26.8 Å². The van der Waals surface area contributed by atoms with Crippen LogP contribution in [-0.2, 0) is 15.2 Å². The summed E-state index contributed by atoms with van der Waals surface area (Å²) >= 11 is 0. The second kappa shape index (κ2) is 9.12. The Morgan fingerprint density at radius 2 is 1.88 bits per heavy atom. The standard InChI is InChI=1S/C22H28N8O4/c1-14-10-15(21(33)30-19(14)20(32)28-22(30)2-8-34-9-3-22)26-16-11-17(25-13-24-16)27-18(31)12-29-6-4-23-5-7-29/h10-11,13,23H,2-9,12H2,1H3,(H,28,32)(H2,24,25,26,27,31). The minimum atomic E-state index is -0.779. The van der Waals surface area contributed by atoms with Crippen molar-refractivity contribution in [1.29, 1.82) is 0 Å². The van der Waals surface area contributed by atoms with E-state index < -0.39 is 5.66 Å². The molecule has 180 valence electrons. The van der Waals surface area contributed by atoms with Crippen LogP contribution in [-0.4, -0.2) is 77.2 Å². The van der Waals surface area contributed by atoms with Gasteiger partial charge in [0.05, 0.1) is 19.8 Å². The molecule has 2 aromatic heterocycles. The molecule has 4 N–H and O–H groups in total. The Balaban J connectivity index is 1.37. The maximum Gasteiger partial charge on any atom is 0.276 e. The molecule has 5 heterocycles. The maximum atomic E-state index is 13.5. The lowest BCUT2D eigenvalue weighted by molar-refractivity contribution is -0.117. The van der Waals surface area contributed by atoms with Crippen LogP contribution in [0.1, 0.15) is 28.9 Å². The topological polar surface area (TPSA) is 143 Å². The maximum absolute atomic E-state index is 13.5. The number of anilines is 3. The van der Waals surface area contributed by atoms with Crippen molar-refractivity contribution in [3.8, 4) is 0 Å². The zero-order chi connectivity index (χ0) is 23.7. The SMILES string of the molecule is Cc1cc(Nc2cc(NC(=O)CN3CCNCC3)ncn2)c(=O)n2c1C(=O)NC21CCOCC1. The van der Waals surface area contributed by atoms with Crippen molar-refractivity contribution < 1.29 is 14.3 Å².